The van der Waals surface area contributed by atoms with Crippen molar-refractivity contribution in [3.05, 3.63) is 0 Å². The predicted octanol–water partition coefficient (Wildman–Crippen LogP) is 0.699. The highest BCUT2D eigenvalue weighted by Crippen LogP contribution is 2.47. The van der Waals surface area contributed by atoms with Gasteiger partial charge in [-0.05, 0) is 0 Å². The van der Waals surface area contributed by atoms with Gasteiger partial charge in [-0.1, -0.05) is 0 Å². The fourth-order valence-electron chi connectivity index (χ4n) is 0.580. The molecule has 0 bridgehead atoms. The first-order valence-corrected chi connectivity index (χ1v) is 4.53. The molecule has 7 heteroatoms. The monoisotopic (exact) mass is 193 g/mol. The van der Waals surface area contributed by atoms with Crippen molar-refractivity contribution in [1.82, 2.24) is 0 Å². The zero-order valence-corrected chi connectivity index (χ0v) is 7.92. The summed E-state index contributed by atoms with van der Waals surface area (Å²) in [6.45, 7) is 1.14. The standard InChI is InChI=1S/C5H10N2O4P/c1-4(8)5(7-6)12(9,10-2)11-3/h6H,1-3H3/q+1. The van der Waals surface area contributed by atoms with Gasteiger partial charge in [0.1, 0.15) is 0 Å². The SMILES string of the molecule is COP(=O)(OC)C(=[N+]=N)C(C)=O. The van der Waals surface area contributed by atoms with Crippen LogP contribution in [0.1, 0.15) is 6.92 Å². The van der Waals surface area contributed by atoms with Crippen LogP contribution in [0.4, 0.5) is 0 Å². The Hall–Kier alpha value is -0.800. The van der Waals surface area contributed by atoms with E-state index in [9.17, 15) is 9.36 Å². The molecule has 68 valence electrons. The molecule has 0 heterocycles. The fraction of sp³-hybridized carbons (Fsp3) is 0.600. The first kappa shape index (κ1) is 11.2. The van der Waals surface area contributed by atoms with Crippen LogP contribution in [0.3, 0.4) is 0 Å². The van der Waals surface area contributed by atoms with E-state index in [4.69, 9.17) is 5.53 Å². The van der Waals surface area contributed by atoms with Gasteiger partial charge in [-0.15, -0.1) is 0 Å². The Balaban J connectivity index is 5.11. The molecule has 0 unspecified atom stereocenters. The number of nitrogens with one attached hydrogen (secondary N) is 1. The van der Waals surface area contributed by atoms with Crippen LogP contribution >= 0.6 is 7.60 Å². The van der Waals surface area contributed by atoms with Crippen LogP contribution in [-0.2, 0) is 18.4 Å². The van der Waals surface area contributed by atoms with Crippen LogP contribution in [0.2, 0.25) is 0 Å². The maximum atomic E-state index is 11.4. The molecule has 0 aromatic heterocycles. The van der Waals surface area contributed by atoms with E-state index in [1.807, 2.05) is 0 Å². The second-order valence-corrected chi connectivity index (χ2v) is 4.00. The third kappa shape index (κ3) is 2.09. The number of carbonyl (C=O) groups is 1. The minimum absolute atomic E-state index is 0.493. The Morgan fingerprint density at radius 2 is 1.83 bits per heavy atom. The molecule has 0 aromatic rings. The third-order valence-corrected chi connectivity index (χ3v) is 3.06. The van der Waals surface area contributed by atoms with Crippen LogP contribution in [-0.4, -0.2) is 30.2 Å². The molecule has 0 radical (unpaired) electrons. The number of hydrogen-bond donors (Lipinski definition) is 1. The molecule has 0 spiro atoms. The summed E-state index contributed by atoms with van der Waals surface area (Å²) in [6, 6.07) is 0. The summed E-state index contributed by atoms with van der Waals surface area (Å²) in [5.74, 6) is -0.600. The first-order valence-electron chi connectivity index (χ1n) is 2.99. The Morgan fingerprint density at radius 3 is 1.92 bits per heavy atom. The lowest BCUT2D eigenvalue weighted by atomic mass is 10.5. The predicted molar refractivity (Wildman–Crippen MR) is 40.3 cm³/mol. The highest BCUT2D eigenvalue weighted by atomic mass is 31.2. The van der Waals surface area contributed by atoms with Crippen molar-refractivity contribution in [2.75, 3.05) is 14.2 Å². The lowest BCUT2D eigenvalue weighted by molar-refractivity contribution is -0.133. The number of nitrogens with zero attached hydrogens (tertiary/aromatic N) is 1. The van der Waals surface area contributed by atoms with Crippen LogP contribution in [0.25, 0.3) is 0 Å². The summed E-state index contributed by atoms with van der Waals surface area (Å²) in [5.41, 5.74) is 6.09. The van der Waals surface area contributed by atoms with Crippen molar-refractivity contribution in [3.8, 4) is 0 Å². The summed E-state index contributed by atoms with van der Waals surface area (Å²) in [5, 5.41) is 0. The van der Waals surface area contributed by atoms with Crippen LogP contribution in [0, 0.1) is 5.53 Å². The normalized spacial score (nSPS) is 10.6. The van der Waals surface area contributed by atoms with Crippen molar-refractivity contribution >= 4 is 18.8 Å². The topological polar surface area (TPSA) is 90.6 Å². The average molecular weight is 193 g/mol. The number of Topliss-reactive ketones (excluding diaryl/α,β-unsaturated/α-hetero) is 1. The van der Waals surface area contributed by atoms with Gasteiger partial charge >= 0.3 is 13.0 Å². The van der Waals surface area contributed by atoms with Crippen molar-refractivity contribution in [2.45, 2.75) is 6.92 Å². The maximum absolute atomic E-state index is 11.4. The quantitative estimate of drug-likeness (QED) is 0.308. The van der Waals surface area contributed by atoms with Gasteiger partial charge in [0, 0.05) is 21.1 Å². The summed E-state index contributed by atoms with van der Waals surface area (Å²) >= 11 is 0. The molecule has 0 aliphatic carbocycles. The minimum atomic E-state index is -3.63. The van der Waals surface area contributed by atoms with Crippen molar-refractivity contribution < 1.29 is 23.2 Å². The first-order chi connectivity index (χ1) is 5.51. The third-order valence-electron chi connectivity index (χ3n) is 1.16. The van der Waals surface area contributed by atoms with E-state index in [-0.39, 0.29) is 0 Å². The van der Waals surface area contributed by atoms with Crippen molar-refractivity contribution in [3.63, 3.8) is 0 Å². The average Bonchev–Trinajstić information content (AvgIpc) is 2.04. The Bertz CT molecular complexity index is 273. The maximum Gasteiger partial charge on any atom is 0.492 e. The highest BCUT2D eigenvalue weighted by molar-refractivity contribution is 7.74. The fourth-order valence-corrected chi connectivity index (χ4v) is 1.58. The summed E-state index contributed by atoms with van der Waals surface area (Å²) in [6.07, 6.45) is 0. The van der Waals surface area contributed by atoms with E-state index >= 15 is 0 Å². The zero-order valence-electron chi connectivity index (χ0n) is 7.03. The van der Waals surface area contributed by atoms with Gasteiger partial charge in [-0.3, -0.25) is 4.79 Å². The lowest BCUT2D eigenvalue weighted by Crippen LogP contribution is -2.14. The second-order valence-electron chi connectivity index (χ2n) is 1.85. The molecule has 0 amide bonds. The van der Waals surface area contributed by atoms with Gasteiger partial charge in [0.15, 0.2) is 0 Å². The highest BCUT2D eigenvalue weighted by Gasteiger charge is 2.44. The molecule has 0 rings (SSSR count). The largest absolute Gasteiger partial charge is 0.492 e. The Morgan fingerprint density at radius 1 is 1.42 bits per heavy atom. The van der Waals surface area contributed by atoms with Crippen molar-refractivity contribution in [2.24, 2.45) is 0 Å². The summed E-state index contributed by atoms with van der Waals surface area (Å²) in [7, 11) is -1.39. The molecular weight excluding hydrogens is 183 g/mol. The van der Waals surface area contributed by atoms with Crippen molar-refractivity contribution in [1.29, 1.82) is 5.53 Å². The zero-order chi connectivity index (χ0) is 9.78. The lowest BCUT2D eigenvalue weighted by Gasteiger charge is -2.04. The molecule has 0 fully saturated rings. The molecular formula is C5H10N2O4P+. The Kier molecular flexibility index (Phi) is 4.00. The van der Waals surface area contributed by atoms with E-state index in [2.05, 4.69) is 13.8 Å². The molecule has 6 nitrogen and oxygen atoms in total. The molecule has 0 atom stereocenters. The van der Waals surface area contributed by atoms with Gasteiger partial charge in [-0.25, -0.2) is 4.57 Å². The van der Waals surface area contributed by atoms with Gasteiger partial charge < -0.3 is 9.05 Å². The van der Waals surface area contributed by atoms with E-state index in [1.165, 1.54) is 0 Å². The second kappa shape index (κ2) is 4.28. The van der Waals surface area contributed by atoms with Gasteiger partial charge in [0.05, 0.1) is 10.3 Å². The number of carbonyl (C=O) groups excluding carboxylic acids is 1. The summed E-state index contributed by atoms with van der Waals surface area (Å²) < 4.78 is 20.3. The van der Waals surface area contributed by atoms with Gasteiger partial charge in [0.25, 0.3) is 5.78 Å². The molecule has 1 N–H and O–H groups in total. The van der Waals surface area contributed by atoms with Gasteiger partial charge in [-0.2, -0.15) is 0 Å². The van der Waals surface area contributed by atoms with E-state index in [1.54, 1.807) is 0 Å². The van der Waals surface area contributed by atoms with E-state index < -0.39 is 18.8 Å². The molecule has 0 aromatic carbocycles. The molecule has 0 saturated heterocycles. The van der Waals surface area contributed by atoms with Crippen LogP contribution in [0.5, 0.6) is 0 Å². The number of hydrogen-bond acceptors (Lipinski definition) is 5. The molecule has 0 aliphatic heterocycles. The molecule has 0 saturated carbocycles. The van der Waals surface area contributed by atoms with Crippen LogP contribution < -0.4 is 0 Å². The Labute approximate surface area is 69.6 Å². The number of rotatable bonds is 4. The molecule has 0 aliphatic rings. The molecule has 12 heavy (non-hydrogen) atoms. The van der Waals surface area contributed by atoms with Crippen LogP contribution in [0.15, 0.2) is 0 Å². The number of ketones is 1. The summed E-state index contributed by atoms with van der Waals surface area (Å²) in [4.78, 5) is 13.6. The minimum Gasteiger partial charge on any atom is -0.303 e. The smallest absolute Gasteiger partial charge is 0.303 e. The van der Waals surface area contributed by atoms with E-state index in [0.29, 0.717) is 0 Å². The van der Waals surface area contributed by atoms with E-state index in [0.717, 1.165) is 21.1 Å². The van der Waals surface area contributed by atoms with Gasteiger partial charge in [0.2, 0.25) is 0 Å².